The largest absolute Gasteiger partial charge is 0.396 e. The highest BCUT2D eigenvalue weighted by atomic mass is 16.2. The van der Waals surface area contributed by atoms with Crippen LogP contribution >= 0.6 is 0 Å². The number of hydrogen-bond acceptors (Lipinski definition) is 1. The van der Waals surface area contributed by atoms with Crippen LogP contribution in [-0.2, 0) is 0 Å². The van der Waals surface area contributed by atoms with Crippen molar-refractivity contribution in [3.05, 3.63) is 12.2 Å². The average molecular weight is 236 g/mol. The summed E-state index contributed by atoms with van der Waals surface area (Å²) in [5.74, 6) is 6.23. The quantitative estimate of drug-likeness (QED) is 0.438. The Labute approximate surface area is 107 Å². The summed E-state index contributed by atoms with van der Waals surface area (Å²) in [6.45, 7) is 2.48. The van der Waals surface area contributed by atoms with E-state index in [4.69, 9.17) is 5.11 Å². The second kappa shape index (κ2) is 15.3. The van der Waals surface area contributed by atoms with Gasteiger partial charge in [0.05, 0.1) is 0 Å². The van der Waals surface area contributed by atoms with Crippen LogP contribution in [0.2, 0.25) is 0 Å². The van der Waals surface area contributed by atoms with Gasteiger partial charge < -0.3 is 5.11 Å². The van der Waals surface area contributed by atoms with E-state index in [1.165, 1.54) is 44.9 Å². The van der Waals surface area contributed by atoms with Crippen molar-refractivity contribution >= 4 is 0 Å². The van der Waals surface area contributed by atoms with E-state index >= 15 is 0 Å². The first kappa shape index (κ1) is 16.3. The standard InChI is InChI=1S/C16H28O/c1-2-3-4-5-6-7-8-9-10-11-12-13-14-15-16-17/h3-4,17H,2,7-16H2,1H3. The predicted molar refractivity (Wildman–Crippen MR) is 75.8 cm³/mol. The summed E-state index contributed by atoms with van der Waals surface area (Å²) >= 11 is 0. The Kier molecular flexibility index (Phi) is 14.6. The van der Waals surface area contributed by atoms with Crippen molar-refractivity contribution in [3.63, 3.8) is 0 Å². The molecule has 0 aromatic carbocycles. The molecule has 0 aromatic heterocycles. The van der Waals surface area contributed by atoms with Crippen LogP contribution in [0.25, 0.3) is 0 Å². The van der Waals surface area contributed by atoms with Crippen molar-refractivity contribution in [1.29, 1.82) is 0 Å². The zero-order valence-electron chi connectivity index (χ0n) is 11.4. The Morgan fingerprint density at radius 3 is 2.06 bits per heavy atom. The molecular formula is C16H28O. The van der Waals surface area contributed by atoms with Gasteiger partial charge >= 0.3 is 0 Å². The summed E-state index contributed by atoms with van der Waals surface area (Å²) in [7, 11) is 0. The molecule has 0 radical (unpaired) electrons. The first-order chi connectivity index (χ1) is 8.41. The molecule has 1 heteroatoms. The highest BCUT2D eigenvalue weighted by Gasteiger charge is 1.91. The number of aliphatic hydroxyl groups is 1. The van der Waals surface area contributed by atoms with Crippen molar-refractivity contribution in [1.82, 2.24) is 0 Å². The minimum Gasteiger partial charge on any atom is -0.396 e. The van der Waals surface area contributed by atoms with Crippen LogP contribution in [0, 0.1) is 11.8 Å². The molecular weight excluding hydrogens is 208 g/mol. The predicted octanol–water partition coefficient (Wildman–Crippen LogP) is 4.46. The SMILES string of the molecule is CCC=CC#CCCCCCCCCCCO. The van der Waals surface area contributed by atoms with Crippen LogP contribution in [0.5, 0.6) is 0 Å². The minimum atomic E-state index is 0.352. The van der Waals surface area contributed by atoms with Gasteiger partial charge in [-0.15, -0.1) is 0 Å². The zero-order chi connectivity index (χ0) is 12.6. The van der Waals surface area contributed by atoms with Gasteiger partial charge in [-0.2, -0.15) is 0 Å². The summed E-state index contributed by atoms with van der Waals surface area (Å²) in [6, 6.07) is 0. The summed E-state index contributed by atoms with van der Waals surface area (Å²) < 4.78 is 0. The van der Waals surface area contributed by atoms with Gasteiger partial charge in [0.1, 0.15) is 0 Å². The van der Waals surface area contributed by atoms with Crippen LogP contribution in [0.4, 0.5) is 0 Å². The second-order valence-corrected chi connectivity index (χ2v) is 4.43. The van der Waals surface area contributed by atoms with E-state index in [1.54, 1.807) is 0 Å². The van der Waals surface area contributed by atoms with Gasteiger partial charge in [0.25, 0.3) is 0 Å². The lowest BCUT2D eigenvalue weighted by atomic mass is 10.1. The zero-order valence-corrected chi connectivity index (χ0v) is 11.4. The molecule has 0 aliphatic rings. The third kappa shape index (κ3) is 15.3. The molecule has 0 amide bonds. The van der Waals surface area contributed by atoms with Crippen molar-refractivity contribution < 1.29 is 5.11 Å². The number of unbranched alkanes of at least 4 members (excludes halogenated alkanes) is 8. The van der Waals surface area contributed by atoms with Gasteiger partial charge in [-0.3, -0.25) is 0 Å². The molecule has 0 bridgehead atoms. The highest BCUT2D eigenvalue weighted by molar-refractivity contribution is 5.14. The Balaban J connectivity index is 3.07. The summed E-state index contributed by atoms with van der Waals surface area (Å²) in [5.41, 5.74) is 0. The molecule has 1 N–H and O–H groups in total. The average Bonchev–Trinajstić information content (AvgIpc) is 2.35. The Morgan fingerprint density at radius 2 is 1.47 bits per heavy atom. The van der Waals surface area contributed by atoms with Gasteiger partial charge in [0.2, 0.25) is 0 Å². The summed E-state index contributed by atoms with van der Waals surface area (Å²) in [5, 5.41) is 8.63. The van der Waals surface area contributed by atoms with Crippen LogP contribution in [0.3, 0.4) is 0 Å². The lowest BCUT2D eigenvalue weighted by Gasteiger charge is -1.99. The Bertz CT molecular complexity index is 219. The van der Waals surface area contributed by atoms with Crippen molar-refractivity contribution in [2.45, 2.75) is 71.1 Å². The maximum atomic E-state index is 8.63. The molecule has 0 aromatic rings. The Morgan fingerprint density at radius 1 is 0.882 bits per heavy atom. The minimum absolute atomic E-state index is 0.352. The van der Waals surface area contributed by atoms with E-state index in [0.29, 0.717) is 6.61 Å². The second-order valence-electron chi connectivity index (χ2n) is 4.43. The van der Waals surface area contributed by atoms with Crippen molar-refractivity contribution in [3.8, 4) is 11.8 Å². The normalized spacial score (nSPS) is 10.5. The van der Waals surface area contributed by atoms with Gasteiger partial charge in [0, 0.05) is 13.0 Å². The summed E-state index contributed by atoms with van der Waals surface area (Å²) in [4.78, 5) is 0. The molecule has 0 saturated carbocycles. The number of hydrogen-bond donors (Lipinski definition) is 1. The van der Waals surface area contributed by atoms with Crippen molar-refractivity contribution in [2.24, 2.45) is 0 Å². The van der Waals surface area contributed by atoms with E-state index < -0.39 is 0 Å². The molecule has 0 unspecified atom stereocenters. The molecule has 0 atom stereocenters. The van der Waals surface area contributed by atoms with E-state index in [9.17, 15) is 0 Å². The maximum Gasteiger partial charge on any atom is 0.0431 e. The fourth-order valence-corrected chi connectivity index (χ4v) is 1.69. The van der Waals surface area contributed by atoms with Crippen molar-refractivity contribution in [2.75, 3.05) is 6.61 Å². The van der Waals surface area contributed by atoms with Gasteiger partial charge in [0.15, 0.2) is 0 Å². The number of allylic oxidation sites excluding steroid dienone is 2. The molecule has 0 aliphatic carbocycles. The van der Waals surface area contributed by atoms with Crippen LogP contribution < -0.4 is 0 Å². The lowest BCUT2D eigenvalue weighted by Crippen LogP contribution is -1.84. The third-order valence-corrected chi connectivity index (χ3v) is 2.75. The smallest absolute Gasteiger partial charge is 0.0431 e. The molecule has 0 fully saturated rings. The lowest BCUT2D eigenvalue weighted by molar-refractivity contribution is 0.282. The van der Waals surface area contributed by atoms with Gasteiger partial charge in [-0.1, -0.05) is 63.4 Å². The molecule has 0 aliphatic heterocycles. The van der Waals surface area contributed by atoms with E-state index in [1.807, 2.05) is 6.08 Å². The molecule has 0 heterocycles. The van der Waals surface area contributed by atoms with E-state index in [0.717, 1.165) is 19.3 Å². The highest BCUT2D eigenvalue weighted by Crippen LogP contribution is 2.09. The van der Waals surface area contributed by atoms with Gasteiger partial charge in [-0.25, -0.2) is 0 Å². The summed E-state index contributed by atoms with van der Waals surface area (Å²) in [6.07, 6.45) is 16.2. The number of rotatable bonds is 10. The maximum absolute atomic E-state index is 8.63. The molecule has 0 saturated heterocycles. The van der Waals surface area contributed by atoms with Gasteiger partial charge in [-0.05, 0) is 25.3 Å². The molecule has 0 spiro atoms. The fourth-order valence-electron chi connectivity index (χ4n) is 1.69. The topological polar surface area (TPSA) is 20.2 Å². The van der Waals surface area contributed by atoms with E-state index in [2.05, 4.69) is 24.8 Å². The van der Waals surface area contributed by atoms with Crippen LogP contribution in [0.15, 0.2) is 12.2 Å². The van der Waals surface area contributed by atoms with Crippen LogP contribution in [0.1, 0.15) is 71.1 Å². The third-order valence-electron chi connectivity index (χ3n) is 2.75. The number of aliphatic hydroxyl groups excluding tert-OH is 1. The first-order valence-electron chi connectivity index (χ1n) is 7.16. The molecule has 98 valence electrons. The Hall–Kier alpha value is -0.740. The molecule has 1 nitrogen and oxygen atoms in total. The fraction of sp³-hybridized carbons (Fsp3) is 0.750. The van der Waals surface area contributed by atoms with E-state index in [-0.39, 0.29) is 0 Å². The first-order valence-corrected chi connectivity index (χ1v) is 7.16. The molecule has 17 heavy (non-hydrogen) atoms. The van der Waals surface area contributed by atoms with Crippen LogP contribution in [-0.4, -0.2) is 11.7 Å². The monoisotopic (exact) mass is 236 g/mol. The molecule has 0 rings (SSSR count).